The van der Waals surface area contributed by atoms with E-state index in [4.69, 9.17) is 4.42 Å². The first-order valence-corrected chi connectivity index (χ1v) is 9.93. The van der Waals surface area contributed by atoms with E-state index in [1.807, 2.05) is 13.8 Å². The number of nitrogens with one attached hydrogen (secondary N) is 2. The summed E-state index contributed by atoms with van der Waals surface area (Å²) >= 11 is 0. The zero-order valence-electron chi connectivity index (χ0n) is 17.1. The first-order chi connectivity index (χ1) is 14.3. The lowest BCUT2D eigenvalue weighted by Crippen LogP contribution is -2.41. The minimum absolute atomic E-state index is 0.0816. The van der Waals surface area contributed by atoms with Crippen molar-refractivity contribution < 1.29 is 18.9 Å². The van der Waals surface area contributed by atoms with Crippen LogP contribution >= 0.6 is 0 Å². The van der Waals surface area contributed by atoms with Crippen molar-refractivity contribution in [3.05, 3.63) is 57.5 Å². The first-order valence-electron chi connectivity index (χ1n) is 9.93. The molecule has 1 aliphatic heterocycles. The van der Waals surface area contributed by atoms with Gasteiger partial charge in [-0.3, -0.25) is 24.6 Å². The molecular formula is C21H26N4O5. The number of carbonyl (C=O) groups excluding carboxylic acids is 2. The normalized spacial score (nSPS) is 15.0. The molecule has 2 amide bonds. The first kappa shape index (κ1) is 21.5. The van der Waals surface area contributed by atoms with Gasteiger partial charge in [0.1, 0.15) is 11.5 Å². The maximum Gasteiger partial charge on any atom is 0.313 e. The van der Waals surface area contributed by atoms with E-state index in [-0.39, 0.29) is 5.69 Å². The summed E-state index contributed by atoms with van der Waals surface area (Å²) in [5.74, 6) is 0.713. The Morgan fingerprint density at radius 3 is 2.40 bits per heavy atom. The van der Waals surface area contributed by atoms with Gasteiger partial charge in [-0.05, 0) is 63.9 Å². The molecule has 1 saturated heterocycles. The Morgan fingerprint density at radius 2 is 1.83 bits per heavy atom. The van der Waals surface area contributed by atoms with Crippen LogP contribution in [0.15, 0.2) is 34.7 Å². The van der Waals surface area contributed by atoms with Crippen molar-refractivity contribution in [2.24, 2.45) is 5.92 Å². The third kappa shape index (κ3) is 5.66. The second-order valence-corrected chi connectivity index (χ2v) is 7.63. The monoisotopic (exact) mass is 414 g/mol. The van der Waals surface area contributed by atoms with Crippen LogP contribution in [0.3, 0.4) is 0 Å². The number of non-ortho nitro benzene ring substituents is 1. The summed E-state index contributed by atoms with van der Waals surface area (Å²) in [5, 5.41) is 15.8. The van der Waals surface area contributed by atoms with Crippen molar-refractivity contribution in [3.8, 4) is 0 Å². The number of nitro benzene ring substituents is 1. The number of amides is 2. The Bertz CT molecular complexity index is 914. The summed E-state index contributed by atoms with van der Waals surface area (Å²) in [6, 6.07) is 7.40. The lowest BCUT2D eigenvalue weighted by Gasteiger charge is -2.31. The lowest BCUT2D eigenvalue weighted by molar-refractivity contribution is -0.384. The summed E-state index contributed by atoms with van der Waals surface area (Å²) in [6.07, 6.45) is 1.89. The van der Waals surface area contributed by atoms with Crippen LogP contribution in [0.25, 0.3) is 0 Å². The molecule has 0 radical (unpaired) electrons. The molecule has 1 aromatic carbocycles. The van der Waals surface area contributed by atoms with Crippen LogP contribution < -0.4 is 10.6 Å². The lowest BCUT2D eigenvalue weighted by atomic mass is 9.96. The number of likely N-dealkylation sites (tertiary alicyclic amines) is 1. The number of aryl methyl sites for hydroxylation is 2. The van der Waals surface area contributed by atoms with Gasteiger partial charge in [-0.15, -0.1) is 0 Å². The van der Waals surface area contributed by atoms with Crippen molar-refractivity contribution in [3.63, 3.8) is 0 Å². The Labute approximate surface area is 174 Å². The van der Waals surface area contributed by atoms with Crippen molar-refractivity contribution in [1.82, 2.24) is 10.2 Å². The van der Waals surface area contributed by atoms with Crippen LogP contribution in [0, 0.1) is 29.9 Å². The minimum atomic E-state index is -0.785. The number of nitro groups is 1. The summed E-state index contributed by atoms with van der Waals surface area (Å²) < 4.78 is 5.58. The molecule has 0 atom stereocenters. The van der Waals surface area contributed by atoms with Crippen LogP contribution in [0.4, 0.5) is 11.4 Å². The Morgan fingerprint density at radius 1 is 1.17 bits per heavy atom. The van der Waals surface area contributed by atoms with E-state index in [1.165, 1.54) is 29.8 Å². The second kappa shape index (κ2) is 9.53. The highest BCUT2D eigenvalue weighted by atomic mass is 16.6. The van der Waals surface area contributed by atoms with Crippen molar-refractivity contribution in [2.45, 2.75) is 33.2 Å². The van der Waals surface area contributed by atoms with Crippen LogP contribution in [0.5, 0.6) is 0 Å². The molecule has 0 saturated carbocycles. The number of rotatable bonds is 6. The van der Waals surface area contributed by atoms with E-state index in [0.29, 0.717) is 18.2 Å². The highest BCUT2D eigenvalue weighted by Gasteiger charge is 2.22. The molecule has 9 nitrogen and oxygen atoms in total. The molecule has 2 heterocycles. The molecule has 1 aliphatic rings. The zero-order valence-corrected chi connectivity index (χ0v) is 17.1. The number of anilines is 1. The van der Waals surface area contributed by atoms with Gasteiger partial charge < -0.3 is 15.1 Å². The maximum atomic E-state index is 12.1. The van der Waals surface area contributed by atoms with E-state index in [0.717, 1.165) is 44.0 Å². The van der Waals surface area contributed by atoms with Gasteiger partial charge in [0.2, 0.25) is 0 Å². The molecule has 160 valence electrons. The molecule has 1 fully saturated rings. The molecule has 3 rings (SSSR count). The molecule has 2 N–H and O–H groups in total. The smallest absolute Gasteiger partial charge is 0.313 e. The molecule has 2 aromatic rings. The van der Waals surface area contributed by atoms with E-state index in [2.05, 4.69) is 21.6 Å². The maximum absolute atomic E-state index is 12.1. The van der Waals surface area contributed by atoms with E-state index in [1.54, 1.807) is 0 Å². The Balaban J connectivity index is 1.39. The van der Waals surface area contributed by atoms with Crippen molar-refractivity contribution in [1.29, 1.82) is 0 Å². The summed E-state index contributed by atoms with van der Waals surface area (Å²) in [4.78, 5) is 36.6. The fraction of sp³-hybridized carbons (Fsp3) is 0.429. The van der Waals surface area contributed by atoms with Crippen LogP contribution in [0.1, 0.15) is 29.9 Å². The van der Waals surface area contributed by atoms with Gasteiger partial charge in [-0.25, -0.2) is 0 Å². The van der Waals surface area contributed by atoms with Crippen LogP contribution in [0.2, 0.25) is 0 Å². The zero-order chi connectivity index (χ0) is 21.7. The number of benzene rings is 1. The highest BCUT2D eigenvalue weighted by Crippen LogP contribution is 2.21. The largest absolute Gasteiger partial charge is 0.466 e. The number of piperidine rings is 1. The van der Waals surface area contributed by atoms with E-state index < -0.39 is 16.7 Å². The fourth-order valence-electron chi connectivity index (χ4n) is 3.60. The highest BCUT2D eigenvalue weighted by molar-refractivity contribution is 6.39. The standard InChI is InChI=1S/C21H26N4O5/c1-14-11-17(15(2)30-14)13-24-9-7-16(8-10-24)12-22-20(26)21(27)23-18-3-5-19(6-4-18)25(28)29/h3-6,11,16H,7-10,12-13H2,1-2H3,(H,22,26)(H,23,27). The van der Waals surface area contributed by atoms with Gasteiger partial charge >= 0.3 is 11.8 Å². The molecule has 0 unspecified atom stereocenters. The molecule has 0 bridgehead atoms. The number of hydrogen-bond donors (Lipinski definition) is 2. The van der Waals surface area contributed by atoms with Crippen LogP contribution in [-0.2, 0) is 16.1 Å². The van der Waals surface area contributed by atoms with Gasteiger partial charge in [0.15, 0.2) is 0 Å². The third-order valence-electron chi connectivity index (χ3n) is 5.34. The predicted molar refractivity (Wildman–Crippen MR) is 111 cm³/mol. The van der Waals surface area contributed by atoms with Gasteiger partial charge in [0.05, 0.1) is 4.92 Å². The number of nitrogens with zero attached hydrogens (tertiary/aromatic N) is 2. The SMILES string of the molecule is Cc1cc(CN2CCC(CNC(=O)C(=O)Nc3ccc([N+](=O)[O-])cc3)CC2)c(C)o1. The number of furan rings is 1. The molecule has 30 heavy (non-hydrogen) atoms. The third-order valence-corrected chi connectivity index (χ3v) is 5.34. The quantitative estimate of drug-likeness (QED) is 0.426. The molecule has 0 spiro atoms. The predicted octanol–water partition coefficient (Wildman–Crippen LogP) is 2.77. The summed E-state index contributed by atoms with van der Waals surface area (Å²) in [7, 11) is 0. The number of hydrogen-bond acceptors (Lipinski definition) is 6. The van der Waals surface area contributed by atoms with Crippen molar-refractivity contribution >= 4 is 23.2 Å². The molecule has 9 heteroatoms. The molecule has 0 aliphatic carbocycles. The Kier molecular flexibility index (Phi) is 6.83. The van der Waals surface area contributed by atoms with Crippen LogP contribution in [-0.4, -0.2) is 41.3 Å². The summed E-state index contributed by atoms with van der Waals surface area (Å²) in [6.45, 7) is 7.10. The second-order valence-electron chi connectivity index (χ2n) is 7.63. The average Bonchev–Trinajstić information content (AvgIpc) is 3.04. The number of carbonyl (C=O) groups is 2. The average molecular weight is 414 g/mol. The topological polar surface area (TPSA) is 118 Å². The van der Waals surface area contributed by atoms with E-state index in [9.17, 15) is 19.7 Å². The van der Waals surface area contributed by atoms with E-state index >= 15 is 0 Å². The van der Waals surface area contributed by atoms with Gasteiger partial charge in [0.25, 0.3) is 5.69 Å². The summed E-state index contributed by atoms with van der Waals surface area (Å²) in [5.41, 5.74) is 1.46. The van der Waals surface area contributed by atoms with Gasteiger partial charge in [-0.1, -0.05) is 0 Å². The minimum Gasteiger partial charge on any atom is -0.466 e. The molecular weight excluding hydrogens is 388 g/mol. The van der Waals surface area contributed by atoms with Gasteiger partial charge in [-0.2, -0.15) is 0 Å². The van der Waals surface area contributed by atoms with Gasteiger partial charge in [0, 0.05) is 36.5 Å². The fourth-order valence-corrected chi connectivity index (χ4v) is 3.60. The Hall–Kier alpha value is -3.20. The van der Waals surface area contributed by atoms with Crippen molar-refractivity contribution in [2.75, 3.05) is 25.0 Å². The molecule has 1 aromatic heterocycles.